The van der Waals surface area contributed by atoms with Crippen molar-refractivity contribution in [1.29, 1.82) is 0 Å². The Labute approximate surface area is 114 Å². The molecule has 0 heterocycles. The van der Waals surface area contributed by atoms with Gasteiger partial charge in [-0.15, -0.1) is 0 Å². The third-order valence-corrected chi connectivity index (χ3v) is 3.58. The number of rotatable bonds is 4. The second-order valence-electron chi connectivity index (χ2n) is 5.36. The lowest BCUT2D eigenvalue weighted by Crippen LogP contribution is -2.16. The van der Waals surface area contributed by atoms with Gasteiger partial charge in [0, 0.05) is 24.7 Å². The van der Waals surface area contributed by atoms with Crippen LogP contribution in [0.15, 0.2) is 18.2 Å². The number of benzene rings is 1. The van der Waals surface area contributed by atoms with Gasteiger partial charge >= 0.3 is 0 Å². The standard InChI is InChI=1S/C15H22N2O2/c1-10-4-5-12(8-10)17-14-7-6-13(16-11(2)18)9-15(14)19-3/h6-7,9-10,12,17H,4-5,8H2,1-3H3,(H,16,18). The molecule has 1 aromatic rings. The lowest BCUT2D eigenvalue weighted by Gasteiger charge is -2.17. The van der Waals surface area contributed by atoms with E-state index in [4.69, 9.17) is 4.74 Å². The van der Waals surface area contributed by atoms with Crippen molar-refractivity contribution in [1.82, 2.24) is 0 Å². The SMILES string of the molecule is COc1cc(NC(C)=O)ccc1NC1CCC(C)C1. The average Bonchev–Trinajstić information content (AvgIpc) is 2.76. The summed E-state index contributed by atoms with van der Waals surface area (Å²) in [6.07, 6.45) is 3.69. The maximum absolute atomic E-state index is 11.0. The van der Waals surface area contributed by atoms with Gasteiger partial charge in [-0.25, -0.2) is 0 Å². The van der Waals surface area contributed by atoms with Crippen LogP contribution in [0.4, 0.5) is 11.4 Å². The predicted octanol–water partition coefficient (Wildman–Crippen LogP) is 3.25. The van der Waals surface area contributed by atoms with Crippen molar-refractivity contribution in [2.24, 2.45) is 5.92 Å². The summed E-state index contributed by atoms with van der Waals surface area (Å²) in [5, 5.41) is 6.29. The van der Waals surface area contributed by atoms with Crippen LogP contribution in [0.1, 0.15) is 33.1 Å². The third kappa shape index (κ3) is 3.63. The first-order valence-corrected chi connectivity index (χ1v) is 6.80. The fourth-order valence-electron chi connectivity index (χ4n) is 2.65. The molecule has 1 aromatic carbocycles. The summed E-state index contributed by atoms with van der Waals surface area (Å²) in [5.41, 5.74) is 1.75. The number of methoxy groups -OCH3 is 1. The fraction of sp³-hybridized carbons (Fsp3) is 0.533. The zero-order chi connectivity index (χ0) is 13.8. The van der Waals surface area contributed by atoms with E-state index < -0.39 is 0 Å². The highest BCUT2D eigenvalue weighted by atomic mass is 16.5. The van der Waals surface area contributed by atoms with E-state index in [2.05, 4.69) is 17.6 Å². The summed E-state index contributed by atoms with van der Waals surface area (Å²) in [6.45, 7) is 3.79. The van der Waals surface area contributed by atoms with E-state index in [0.29, 0.717) is 6.04 Å². The van der Waals surface area contributed by atoms with E-state index in [0.717, 1.165) is 23.0 Å². The molecule has 4 nitrogen and oxygen atoms in total. The number of nitrogens with one attached hydrogen (secondary N) is 2. The molecule has 0 spiro atoms. The van der Waals surface area contributed by atoms with Crippen LogP contribution in [0.5, 0.6) is 5.75 Å². The van der Waals surface area contributed by atoms with Gasteiger partial charge in [0.05, 0.1) is 12.8 Å². The number of ether oxygens (including phenoxy) is 1. The number of hydrogen-bond acceptors (Lipinski definition) is 3. The molecule has 0 radical (unpaired) electrons. The molecule has 0 aromatic heterocycles. The van der Waals surface area contributed by atoms with Gasteiger partial charge in [-0.3, -0.25) is 4.79 Å². The smallest absolute Gasteiger partial charge is 0.221 e. The molecule has 4 heteroatoms. The van der Waals surface area contributed by atoms with E-state index >= 15 is 0 Å². The van der Waals surface area contributed by atoms with Gasteiger partial charge in [0.1, 0.15) is 5.75 Å². The molecule has 2 unspecified atom stereocenters. The van der Waals surface area contributed by atoms with E-state index in [9.17, 15) is 4.79 Å². The molecule has 1 saturated carbocycles. The summed E-state index contributed by atoms with van der Waals surface area (Å²) in [5.74, 6) is 1.49. The summed E-state index contributed by atoms with van der Waals surface area (Å²) in [7, 11) is 1.65. The molecular formula is C15H22N2O2. The second kappa shape index (κ2) is 5.95. The maximum Gasteiger partial charge on any atom is 0.221 e. The van der Waals surface area contributed by atoms with E-state index in [-0.39, 0.29) is 5.91 Å². The van der Waals surface area contributed by atoms with Crippen LogP contribution in [-0.4, -0.2) is 19.1 Å². The minimum Gasteiger partial charge on any atom is -0.495 e. The zero-order valence-corrected chi connectivity index (χ0v) is 11.8. The minimum atomic E-state index is -0.0765. The highest BCUT2D eigenvalue weighted by molar-refractivity contribution is 5.89. The van der Waals surface area contributed by atoms with Crippen LogP contribution >= 0.6 is 0 Å². The first-order valence-electron chi connectivity index (χ1n) is 6.80. The maximum atomic E-state index is 11.0. The summed E-state index contributed by atoms with van der Waals surface area (Å²) < 4.78 is 5.39. The zero-order valence-electron chi connectivity index (χ0n) is 11.8. The van der Waals surface area contributed by atoms with Gasteiger partial charge in [-0.1, -0.05) is 6.92 Å². The highest BCUT2D eigenvalue weighted by Crippen LogP contribution is 2.33. The summed E-state index contributed by atoms with van der Waals surface area (Å²) in [6, 6.07) is 6.23. The van der Waals surface area contributed by atoms with Gasteiger partial charge < -0.3 is 15.4 Å². The van der Waals surface area contributed by atoms with E-state index in [1.807, 2.05) is 18.2 Å². The van der Waals surface area contributed by atoms with Gasteiger partial charge in [0.15, 0.2) is 0 Å². The monoisotopic (exact) mass is 262 g/mol. The van der Waals surface area contributed by atoms with Crippen molar-refractivity contribution in [3.8, 4) is 5.75 Å². The van der Waals surface area contributed by atoms with Gasteiger partial charge in [0.2, 0.25) is 5.91 Å². The first-order chi connectivity index (χ1) is 9.08. The van der Waals surface area contributed by atoms with E-state index in [1.165, 1.54) is 26.2 Å². The number of amides is 1. The van der Waals surface area contributed by atoms with Crippen molar-refractivity contribution in [3.05, 3.63) is 18.2 Å². The molecule has 1 amide bonds. The molecular weight excluding hydrogens is 240 g/mol. The Morgan fingerprint density at radius 2 is 2.16 bits per heavy atom. The predicted molar refractivity (Wildman–Crippen MR) is 77.7 cm³/mol. The molecule has 2 atom stereocenters. The number of carbonyl (C=O) groups is 1. The van der Waals surface area contributed by atoms with Gasteiger partial charge in [-0.2, -0.15) is 0 Å². The van der Waals surface area contributed by atoms with Crippen LogP contribution in [0, 0.1) is 5.92 Å². The van der Waals surface area contributed by atoms with Crippen LogP contribution in [0.2, 0.25) is 0 Å². The number of hydrogen-bond donors (Lipinski definition) is 2. The second-order valence-corrected chi connectivity index (χ2v) is 5.36. The fourth-order valence-corrected chi connectivity index (χ4v) is 2.65. The van der Waals surface area contributed by atoms with Crippen molar-refractivity contribution >= 4 is 17.3 Å². The van der Waals surface area contributed by atoms with Crippen molar-refractivity contribution in [2.45, 2.75) is 39.2 Å². The van der Waals surface area contributed by atoms with Crippen molar-refractivity contribution < 1.29 is 9.53 Å². The van der Waals surface area contributed by atoms with Crippen molar-refractivity contribution in [3.63, 3.8) is 0 Å². The summed E-state index contributed by atoms with van der Waals surface area (Å²) in [4.78, 5) is 11.0. The Hall–Kier alpha value is -1.71. The Morgan fingerprint density at radius 1 is 1.37 bits per heavy atom. The van der Waals surface area contributed by atoms with Gasteiger partial charge in [-0.05, 0) is 37.3 Å². The normalized spacial score (nSPS) is 22.1. The van der Waals surface area contributed by atoms with Crippen LogP contribution in [-0.2, 0) is 4.79 Å². The molecule has 1 aliphatic rings. The molecule has 2 N–H and O–H groups in total. The number of anilines is 2. The largest absolute Gasteiger partial charge is 0.495 e. The molecule has 0 bridgehead atoms. The van der Waals surface area contributed by atoms with Crippen LogP contribution in [0.3, 0.4) is 0 Å². The molecule has 1 fully saturated rings. The molecule has 104 valence electrons. The summed E-state index contributed by atoms with van der Waals surface area (Å²) >= 11 is 0. The van der Waals surface area contributed by atoms with Crippen LogP contribution in [0.25, 0.3) is 0 Å². The number of carbonyl (C=O) groups excluding carboxylic acids is 1. The molecule has 0 aliphatic heterocycles. The Kier molecular flexibility index (Phi) is 4.30. The molecule has 19 heavy (non-hydrogen) atoms. The first kappa shape index (κ1) is 13.7. The average molecular weight is 262 g/mol. The molecule has 0 saturated heterocycles. The van der Waals surface area contributed by atoms with E-state index in [1.54, 1.807) is 7.11 Å². The van der Waals surface area contributed by atoms with Crippen molar-refractivity contribution in [2.75, 3.05) is 17.7 Å². The Balaban J connectivity index is 2.09. The van der Waals surface area contributed by atoms with Crippen LogP contribution < -0.4 is 15.4 Å². The lowest BCUT2D eigenvalue weighted by molar-refractivity contribution is -0.114. The minimum absolute atomic E-state index is 0.0765. The Morgan fingerprint density at radius 3 is 2.74 bits per heavy atom. The Bertz CT molecular complexity index is 459. The lowest BCUT2D eigenvalue weighted by atomic mass is 10.1. The quantitative estimate of drug-likeness (QED) is 0.875. The molecule has 1 aliphatic carbocycles. The topological polar surface area (TPSA) is 50.4 Å². The third-order valence-electron chi connectivity index (χ3n) is 3.58. The van der Waals surface area contributed by atoms with Gasteiger partial charge in [0.25, 0.3) is 0 Å². The molecule has 2 rings (SSSR count). The highest BCUT2D eigenvalue weighted by Gasteiger charge is 2.21.